The molecule has 156 valence electrons. The van der Waals surface area contributed by atoms with E-state index in [1.54, 1.807) is 42.6 Å². The summed E-state index contributed by atoms with van der Waals surface area (Å²) in [5.41, 5.74) is 3.12. The van der Waals surface area contributed by atoms with Crippen molar-refractivity contribution in [3.8, 4) is 0 Å². The van der Waals surface area contributed by atoms with E-state index in [2.05, 4.69) is 4.99 Å². The molecule has 0 radical (unpaired) electrons. The maximum absolute atomic E-state index is 13.1. The molecule has 7 heteroatoms. The van der Waals surface area contributed by atoms with Crippen molar-refractivity contribution < 1.29 is 19.1 Å². The van der Waals surface area contributed by atoms with Crippen molar-refractivity contribution in [3.05, 3.63) is 107 Å². The summed E-state index contributed by atoms with van der Waals surface area (Å²) in [7, 11) is 0. The predicted octanol–water partition coefficient (Wildman–Crippen LogP) is 4.26. The molecule has 0 spiro atoms. The number of carbonyl (C=O) groups excluding carboxylic acids is 1. The Morgan fingerprint density at radius 1 is 1.03 bits per heavy atom. The molecule has 2 aliphatic heterocycles. The Hall–Kier alpha value is -4.52. The highest BCUT2D eigenvalue weighted by molar-refractivity contribution is 6.48. The largest absolute Gasteiger partial charge is 0.478 e. The van der Waals surface area contributed by atoms with Crippen molar-refractivity contribution >= 4 is 35.2 Å². The lowest BCUT2D eigenvalue weighted by atomic mass is 10.0. The lowest BCUT2D eigenvalue weighted by molar-refractivity contribution is -0.120. The third-order valence-corrected chi connectivity index (χ3v) is 5.10. The lowest BCUT2D eigenvalue weighted by Crippen LogP contribution is -2.36. The van der Waals surface area contributed by atoms with Crippen LogP contribution in [0, 0.1) is 0 Å². The number of benzene rings is 2. The van der Waals surface area contributed by atoms with Gasteiger partial charge in [0, 0.05) is 24.3 Å². The monoisotopic (exact) mass is 423 g/mol. The molecule has 0 aliphatic carbocycles. The fourth-order valence-corrected chi connectivity index (χ4v) is 3.57. The maximum atomic E-state index is 13.1. The molecule has 3 aromatic rings. The minimum atomic E-state index is -1.03. The molecule has 32 heavy (non-hydrogen) atoms. The molecule has 7 nitrogen and oxygen atoms in total. The van der Waals surface area contributed by atoms with Gasteiger partial charge >= 0.3 is 5.97 Å². The van der Waals surface area contributed by atoms with Crippen LogP contribution in [0.15, 0.2) is 99.3 Å². The van der Waals surface area contributed by atoms with Crippen LogP contribution in [0.1, 0.15) is 27.2 Å². The van der Waals surface area contributed by atoms with E-state index in [1.807, 2.05) is 30.3 Å². The Morgan fingerprint density at radius 3 is 2.62 bits per heavy atom. The number of amidine groups is 1. The molecular weight excluding hydrogens is 406 g/mol. The van der Waals surface area contributed by atoms with E-state index in [0.29, 0.717) is 35.0 Å². The van der Waals surface area contributed by atoms with Gasteiger partial charge in [-0.1, -0.05) is 42.5 Å². The highest BCUT2D eigenvalue weighted by Gasteiger charge is 2.35. The van der Waals surface area contributed by atoms with Crippen LogP contribution in [0.2, 0.25) is 0 Å². The van der Waals surface area contributed by atoms with Crippen molar-refractivity contribution in [2.45, 2.75) is 6.42 Å². The minimum absolute atomic E-state index is 0.147. The highest BCUT2D eigenvalue weighted by Crippen LogP contribution is 2.29. The van der Waals surface area contributed by atoms with Crippen LogP contribution in [0.4, 0.5) is 0 Å². The van der Waals surface area contributed by atoms with E-state index in [-0.39, 0.29) is 17.2 Å². The van der Waals surface area contributed by atoms with Gasteiger partial charge in [0.25, 0.3) is 5.91 Å². The van der Waals surface area contributed by atoms with Crippen LogP contribution in [-0.2, 0) is 11.2 Å². The van der Waals surface area contributed by atoms with E-state index in [0.717, 1.165) is 5.56 Å². The standard InChI is InChI=1S/C25H17N3O4/c29-24-21(14-19-10-5-11-32-19)27-23-20(12-16-6-2-1-3-7-16)26-22(15-28(23)24)17-8-4-9-18(13-17)25(30)31/h1-11,13-15H,12H2,(H,30,31)/b21-14-. The normalized spacial score (nSPS) is 16.5. The number of carboxylic acids is 1. The number of hydrogen-bond donors (Lipinski definition) is 1. The third kappa shape index (κ3) is 3.67. The van der Waals surface area contributed by atoms with Gasteiger partial charge in [-0.15, -0.1) is 0 Å². The van der Waals surface area contributed by atoms with Gasteiger partial charge in [-0.3, -0.25) is 9.69 Å². The first kappa shape index (κ1) is 19.4. The van der Waals surface area contributed by atoms with Crippen LogP contribution in [-0.4, -0.2) is 33.4 Å². The van der Waals surface area contributed by atoms with Crippen LogP contribution in [0.5, 0.6) is 0 Å². The average Bonchev–Trinajstić information content (AvgIpc) is 3.43. The fourth-order valence-electron chi connectivity index (χ4n) is 3.57. The van der Waals surface area contributed by atoms with Crippen LogP contribution in [0.3, 0.4) is 0 Å². The van der Waals surface area contributed by atoms with E-state index in [1.165, 1.54) is 17.2 Å². The first-order valence-corrected chi connectivity index (χ1v) is 9.93. The highest BCUT2D eigenvalue weighted by atomic mass is 16.4. The quantitative estimate of drug-likeness (QED) is 0.621. The van der Waals surface area contributed by atoms with Crippen molar-refractivity contribution in [3.63, 3.8) is 0 Å². The van der Waals surface area contributed by atoms with Gasteiger partial charge in [-0.25, -0.2) is 14.8 Å². The van der Waals surface area contributed by atoms with Gasteiger partial charge in [0.1, 0.15) is 11.5 Å². The van der Waals surface area contributed by atoms with Gasteiger partial charge in [-0.05, 0) is 29.8 Å². The number of amides is 1. The number of aromatic carboxylic acids is 1. The zero-order chi connectivity index (χ0) is 22.1. The summed E-state index contributed by atoms with van der Waals surface area (Å²) >= 11 is 0. The average molecular weight is 423 g/mol. The summed E-state index contributed by atoms with van der Waals surface area (Å²) in [6.07, 6.45) is 5.18. The first-order chi connectivity index (χ1) is 15.6. The zero-order valence-electron chi connectivity index (χ0n) is 16.8. The van der Waals surface area contributed by atoms with Gasteiger partial charge < -0.3 is 9.52 Å². The molecule has 2 aromatic carbocycles. The van der Waals surface area contributed by atoms with Crippen LogP contribution >= 0.6 is 0 Å². The van der Waals surface area contributed by atoms with Gasteiger partial charge in [0.15, 0.2) is 5.84 Å². The summed E-state index contributed by atoms with van der Waals surface area (Å²) in [4.78, 5) is 35.3. The van der Waals surface area contributed by atoms with Crippen molar-refractivity contribution in [1.82, 2.24) is 4.90 Å². The molecule has 1 amide bonds. The molecular formula is C25H17N3O4. The van der Waals surface area contributed by atoms with Crippen molar-refractivity contribution in [2.75, 3.05) is 0 Å². The summed E-state index contributed by atoms with van der Waals surface area (Å²) in [5, 5.41) is 9.35. The van der Waals surface area contributed by atoms with E-state index in [4.69, 9.17) is 9.41 Å². The Balaban J connectivity index is 1.59. The second kappa shape index (κ2) is 7.96. The number of aliphatic imine (C=N–C) groups is 2. The second-order valence-electron chi connectivity index (χ2n) is 7.28. The number of carbonyl (C=O) groups is 2. The smallest absolute Gasteiger partial charge is 0.335 e. The molecule has 5 rings (SSSR count). The first-order valence-electron chi connectivity index (χ1n) is 9.93. The predicted molar refractivity (Wildman–Crippen MR) is 120 cm³/mol. The number of rotatable bonds is 5. The summed E-state index contributed by atoms with van der Waals surface area (Å²) in [5.74, 6) is -0.351. The zero-order valence-corrected chi connectivity index (χ0v) is 16.8. The molecule has 0 bridgehead atoms. The molecule has 1 aromatic heterocycles. The summed E-state index contributed by atoms with van der Waals surface area (Å²) in [6.45, 7) is 0. The van der Waals surface area contributed by atoms with Gasteiger partial charge in [0.05, 0.1) is 23.2 Å². The van der Waals surface area contributed by atoms with Gasteiger partial charge in [-0.2, -0.15) is 0 Å². The summed E-state index contributed by atoms with van der Waals surface area (Å²) < 4.78 is 5.33. The second-order valence-corrected chi connectivity index (χ2v) is 7.28. The van der Waals surface area contributed by atoms with E-state index in [9.17, 15) is 14.7 Å². The van der Waals surface area contributed by atoms with E-state index < -0.39 is 5.97 Å². The molecule has 0 atom stereocenters. The fraction of sp³-hybridized carbons (Fsp3) is 0.0400. The Bertz CT molecular complexity index is 1330. The van der Waals surface area contributed by atoms with E-state index >= 15 is 0 Å². The molecule has 0 saturated carbocycles. The van der Waals surface area contributed by atoms with Gasteiger partial charge in [0.2, 0.25) is 0 Å². The number of furan rings is 1. The van der Waals surface area contributed by atoms with Crippen molar-refractivity contribution in [2.24, 2.45) is 9.98 Å². The Kier molecular flexibility index (Phi) is 4.84. The topological polar surface area (TPSA) is 95.5 Å². The third-order valence-electron chi connectivity index (χ3n) is 5.10. The Labute approximate surface area is 183 Å². The number of fused-ring (bicyclic) bond motifs is 1. The maximum Gasteiger partial charge on any atom is 0.335 e. The molecule has 0 fully saturated rings. The van der Waals surface area contributed by atoms with Crippen LogP contribution in [0.25, 0.3) is 11.8 Å². The number of hydrogen-bond acceptors (Lipinski definition) is 5. The number of carboxylic acid groups (broad SMARTS) is 1. The molecule has 0 unspecified atom stereocenters. The minimum Gasteiger partial charge on any atom is -0.478 e. The molecule has 0 saturated heterocycles. The summed E-state index contributed by atoms with van der Waals surface area (Å²) in [6, 6.07) is 19.7. The molecule has 3 heterocycles. The SMILES string of the molecule is O=C(O)c1cccc(C2=CN3C(=O)/C(=C/c4ccco4)N=C3C(Cc3ccccc3)=N2)c1. The van der Waals surface area contributed by atoms with Crippen molar-refractivity contribution in [1.29, 1.82) is 0 Å². The molecule has 1 N–H and O–H groups in total. The molecule has 2 aliphatic rings. The lowest BCUT2D eigenvalue weighted by Gasteiger charge is -2.22. The number of nitrogens with zero attached hydrogens (tertiary/aromatic N) is 3. The Morgan fingerprint density at radius 2 is 1.88 bits per heavy atom. The van der Waals surface area contributed by atoms with Crippen LogP contribution < -0.4 is 0 Å².